The first-order valence-electron chi connectivity index (χ1n) is 8.84. The fourth-order valence-electron chi connectivity index (χ4n) is 2.92. The molecule has 2 heterocycles. The van der Waals surface area contributed by atoms with Crippen molar-refractivity contribution in [2.45, 2.75) is 0 Å². The molecule has 4 rings (SSSR count). The molecule has 0 aliphatic rings. The highest BCUT2D eigenvalue weighted by Crippen LogP contribution is 2.28. The van der Waals surface area contributed by atoms with E-state index in [0.29, 0.717) is 11.4 Å². The lowest BCUT2D eigenvalue weighted by atomic mass is 10.1. The van der Waals surface area contributed by atoms with Crippen molar-refractivity contribution in [2.24, 2.45) is 0 Å². The van der Waals surface area contributed by atoms with Crippen LogP contribution < -0.4 is 5.32 Å². The molecule has 4 aromatic rings. The zero-order valence-electron chi connectivity index (χ0n) is 15.4. The molecule has 0 saturated heterocycles. The van der Waals surface area contributed by atoms with Crippen LogP contribution in [0.1, 0.15) is 16.1 Å². The van der Waals surface area contributed by atoms with Crippen molar-refractivity contribution in [1.82, 2.24) is 14.8 Å². The smallest absolute Gasteiger partial charge is 0.258 e. The summed E-state index contributed by atoms with van der Waals surface area (Å²) in [5.74, 6) is -0.877. The second-order valence-electron chi connectivity index (χ2n) is 6.25. The van der Waals surface area contributed by atoms with Crippen LogP contribution in [-0.2, 0) is 0 Å². The fraction of sp³-hybridized carbons (Fsp3) is 0. The Balaban J connectivity index is 1.72. The van der Waals surface area contributed by atoms with Crippen LogP contribution in [0.25, 0.3) is 16.9 Å². The van der Waals surface area contributed by atoms with Crippen LogP contribution >= 0.6 is 11.6 Å². The molecule has 0 atom stereocenters. The summed E-state index contributed by atoms with van der Waals surface area (Å²) in [6, 6.07) is 19.9. The van der Waals surface area contributed by atoms with E-state index in [0.717, 1.165) is 6.07 Å². The molecule has 8 heteroatoms. The molecule has 0 bridgehead atoms. The Hall–Kier alpha value is -4.02. The third-order valence-electron chi connectivity index (χ3n) is 4.31. The minimum atomic E-state index is -0.587. The van der Waals surface area contributed by atoms with Crippen molar-refractivity contribution in [3.8, 4) is 23.0 Å². The van der Waals surface area contributed by atoms with Crippen molar-refractivity contribution in [1.29, 1.82) is 5.26 Å². The zero-order valence-corrected chi connectivity index (χ0v) is 16.1. The number of carbonyl (C=O) groups excluding carboxylic acids is 1. The lowest BCUT2D eigenvalue weighted by Crippen LogP contribution is -2.16. The number of halogens is 2. The average molecular weight is 418 g/mol. The van der Waals surface area contributed by atoms with Gasteiger partial charge >= 0.3 is 0 Å². The van der Waals surface area contributed by atoms with Gasteiger partial charge in [0.1, 0.15) is 17.7 Å². The Bertz CT molecular complexity index is 1270. The molecule has 0 radical (unpaired) electrons. The van der Waals surface area contributed by atoms with E-state index >= 15 is 0 Å². The van der Waals surface area contributed by atoms with Crippen molar-refractivity contribution >= 4 is 23.3 Å². The maximum absolute atomic E-state index is 14.4. The molecule has 0 aliphatic heterocycles. The molecule has 0 unspecified atom stereocenters. The standard InChI is InChI=1S/C22H13ClFN5O/c23-18-12-19(24)17(20-8-4-5-9-26-20)11-16(18)22(30)27-21-10-14(13-25)28-29(21)15-6-2-1-3-7-15/h1-12H,(H,27,30). The van der Waals surface area contributed by atoms with E-state index in [1.807, 2.05) is 24.3 Å². The lowest BCUT2D eigenvalue weighted by molar-refractivity contribution is 0.102. The average Bonchev–Trinajstić information content (AvgIpc) is 3.18. The topological polar surface area (TPSA) is 83.6 Å². The van der Waals surface area contributed by atoms with E-state index in [1.165, 1.54) is 23.0 Å². The summed E-state index contributed by atoms with van der Waals surface area (Å²) in [5.41, 5.74) is 1.39. The maximum Gasteiger partial charge on any atom is 0.258 e. The summed E-state index contributed by atoms with van der Waals surface area (Å²) in [4.78, 5) is 17.1. The highest BCUT2D eigenvalue weighted by atomic mass is 35.5. The number of nitrogens with zero attached hydrogens (tertiary/aromatic N) is 4. The van der Waals surface area contributed by atoms with E-state index in [9.17, 15) is 14.4 Å². The lowest BCUT2D eigenvalue weighted by Gasteiger charge is -2.11. The molecule has 0 saturated carbocycles. The fourth-order valence-corrected chi connectivity index (χ4v) is 3.15. The second-order valence-corrected chi connectivity index (χ2v) is 6.66. The van der Waals surface area contributed by atoms with Gasteiger partial charge in [0.25, 0.3) is 5.91 Å². The maximum atomic E-state index is 14.4. The van der Waals surface area contributed by atoms with E-state index < -0.39 is 11.7 Å². The molecule has 2 aromatic carbocycles. The van der Waals surface area contributed by atoms with Crippen molar-refractivity contribution < 1.29 is 9.18 Å². The van der Waals surface area contributed by atoms with Gasteiger partial charge in [0.15, 0.2) is 5.69 Å². The number of para-hydroxylation sites is 1. The van der Waals surface area contributed by atoms with Crippen LogP contribution in [0, 0.1) is 17.1 Å². The van der Waals surface area contributed by atoms with E-state index in [4.69, 9.17) is 11.6 Å². The van der Waals surface area contributed by atoms with Crippen molar-refractivity contribution in [3.63, 3.8) is 0 Å². The number of benzene rings is 2. The summed E-state index contributed by atoms with van der Waals surface area (Å²) in [7, 11) is 0. The number of aromatic nitrogens is 3. The molecule has 30 heavy (non-hydrogen) atoms. The number of pyridine rings is 1. The third kappa shape index (κ3) is 3.77. The number of rotatable bonds is 4. The molecular formula is C22H13ClFN5O. The quantitative estimate of drug-likeness (QED) is 0.514. The zero-order chi connectivity index (χ0) is 21.1. The molecule has 0 spiro atoms. The number of hydrogen-bond donors (Lipinski definition) is 1. The Morgan fingerprint density at radius 1 is 1.10 bits per heavy atom. The predicted octanol–water partition coefficient (Wildman–Crippen LogP) is 4.85. The minimum Gasteiger partial charge on any atom is -0.306 e. The van der Waals surface area contributed by atoms with Gasteiger partial charge in [0.2, 0.25) is 0 Å². The van der Waals surface area contributed by atoms with Crippen LogP contribution in [0.2, 0.25) is 5.02 Å². The monoisotopic (exact) mass is 417 g/mol. The Kier molecular flexibility index (Phi) is 5.24. The van der Waals surface area contributed by atoms with Gasteiger partial charge in [-0.1, -0.05) is 35.9 Å². The molecule has 1 N–H and O–H groups in total. The van der Waals surface area contributed by atoms with Crippen LogP contribution in [0.15, 0.2) is 72.9 Å². The number of anilines is 1. The largest absolute Gasteiger partial charge is 0.306 e. The van der Waals surface area contributed by atoms with E-state index in [-0.39, 0.29) is 27.7 Å². The van der Waals surface area contributed by atoms with E-state index in [2.05, 4.69) is 15.4 Å². The highest BCUT2D eigenvalue weighted by molar-refractivity contribution is 6.34. The van der Waals surface area contributed by atoms with Gasteiger partial charge in [0, 0.05) is 17.8 Å². The summed E-state index contributed by atoms with van der Waals surface area (Å²) >= 11 is 6.14. The van der Waals surface area contributed by atoms with Gasteiger partial charge in [-0.15, -0.1) is 0 Å². The van der Waals surface area contributed by atoms with Crippen LogP contribution in [0.5, 0.6) is 0 Å². The number of amides is 1. The van der Waals surface area contributed by atoms with E-state index in [1.54, 1.807) is 30.3 Å². The predicted molar refractivity (Wildman–Crippen MR) is 111 cm³/mol. The van der Waals surface area contributed by atoms with Crippen LogP contribution in [-0.4, -0.2) is 20.7 Å². The SMILES string of the molecule is N#Cc1cc(NC(=O)c2cc(-c3ccccn3)c(F)cc2Cl)n(-c2ccccc2)n1. The Morgan fingerprint density at radius 2 is 1.87 bits per heavy atom. The number of nitrogens with one attached hydrogen (secondary N) is 1. The van der Waals surface area contributed by atoms with Gasteiger partial charge < -0.3 is 5.32 Å². The number of hydrogen-bond acceptors (Lipinski definition) is 4. The minimum absolute atomic E-state index is 0.0454. The Morgan fingerprint density at radius 3 is 2.57 bits per heavy atom. The molecule has 6 nitrogen and oxygen atoms in total. The third-order valence-corrected chi connectivity index (χ3v) is 4.62. The summed E-state index contributed by atoms with van der Waals surface area (Å²) in [5, 5.41) is 16.0. The van der Waals surface area contributed by atoms with Gasteiger partial charge in [-0.2, -0.15) is 10.4 Å². The molecule has 0 aliphatic carbocycles. The highest BCUT2D eigenvalue weighted by Gasteiger charge is 2.19. The summed E-state index contributed by atoms with van der Waals surface area (Å²) in [6.07, 6.45) is 1.53. The second kappa shape index (κ2) is 8.15. The van der Waals surface area contributed by atoms with Gasteiger partial charge in [-0.05, 0) is 36.4 Å². The van der Waals surface area contributed by atoms with Crippen molar-refractivity contribution in [3.05, 3.63) is 95.0 Å². The first-order chi connectivity index (χ1) is 14.6. The van der Waals surface area contributed by atoms with Crippen molar-refractivity contribution in [2.75, 3.05) is 5.32 Å². The first-order valence-corrected chi connectivity index (χ1v) is 9.22. The number of nitriles is 1. The normalized spacial score (nSPS) is 10.4. The van der Waals surface area contributed by atoms with Gasteiger partial charge in [0.05, 0.1) is 22.0 Å². The molecule has 2 aromatic heterocycles. The molecule has 1 amide bonds. The molecular weight excluding hydrogens is 405 g/mol. The van der Waals surface area contributed by atoms with Gasteiger partial charge in [-0.3, -0.25) is 9.78 Å². The molecule has 146 valence electrons. The van der Waals surface area contributed by atoms with Gasteiger partial charge in [-0.25, -0.2) is 9.07 Å². The molecule has 0 fully saturated rings. The number of carbonyl (C=O) groups is 1. The Labute approximate surface area is 176 Å². The summed E-state index contributed by atoms with van der Waals surface area (Å²) in [6.45, 7) is 0. The van der Waals surface area contributed by atoms with Crippen LogP contribution in [0.4, 0.5) is 10.2 Å². The van der Waals surface area contributed by atoms with Crippen LogP contribution in [0.3, 0.4) is 0 Å². The summed E-state index contributed by atoms with van der Waals surface area (Å²) < 4.78 is 15.9. The first kappa shape index (κ1) is 19.3.